The summed E-state index contributed by atoms with van der Waals surface area (Å²) >= 11 is 0. The number of urea groups is 1. The Morgan fingerprint density at radius 1 is 0.844 bits per heavy atom. The number of nitrogens with zero attached hydrogens (tertiary/aromatic N) is 7. The number of anilines is 5. The van der Waals surface area contributed by atoms with Gasteiger partial charge in [-0.3, -0.25) is 0 Å². The normalized spacial score (nSPS) is 22.5. The van der Waals surface area contributed by atoms with Crippen LogP contribution in [0.5, 0.6) is 0 Å². The number of nitrogens with one attached hydrogen (secondary N) is 2. The summed E-state index contributed by atoms with van der Waals surface area (Å²) in [6.07, 6.45) is 1.49. The molecule has 1 aromatic heterocycles. The van der Waals surface area contributed by atoms with Crippen LogP contribution >= 0.6 is 0 Å². The van der Waals surface area contributed by atoms with Crippen LogP contribution in [0.25, 0.3) is 11.4 Å². The number of aliphatic hydroxyl groups is 2. The maximum absolute atomic E-state index is 12.8. The van der Waals surface area contributed by atoms with Gasteiger partial charge in [0.15, 0.2) is 5.82 Å². The van der Waals surface area contributed by atoms with Gasteiger partial charge in [-0.2, -0.15) is 15.0 Å². The quantitative estimate of drug-likeness (QED) is 0.296. The predicted molar refractivity (Wildman–Crippen MR) is 175 cm³/mol. The molecule has 3 aliphatic heterocycles. The highest BCUT2D eigenvalue weighted by Crippen LogP contribution is 2.31. The van der Waals surface area contributed by atoms with E-state index in [9.17, 15) is 15.0 Å². The van der Waals surface area contributed by atoms with Gasteiger partial charge in [0, 0.05) is 55.3 Å². The first-order chi connectivity index (χ1) is 21.9. The molecule has 4 heterocycles. The van der Waals surface area contributed by atoms with Crippen LogP contribution in [-0.4, -0.2) is 120 Å². The van der Waals surface area contributed by atoms with Crippen molar-refractivity contribution >= 4 is 35.0 Å². The Morgan fingerprint density at radius 2 is 1.44 bits per heavy atom. The molecular weight excluding hydrogens is 574 g/mol. The zero-order chi connectivity index (χ0) is 31.3. The van der Waals surface area contributed by atoms with Gasteiger partial charge in [0.2, 0.25) is 11.9 Å². The molecule has 1 unspecified atom stereocenters. The highest BCUT2D eigenvalue weighted by molar-refractivity contribution is 5.99. The average Bonchev–Trinajstić information content (AvgIpc) is 3.49. The number of morpholine rings is 1. The van der Waals surface area contributed by atoms with Crippen molar-refractivity contribution < 1.29 is 19.7 Å². The minimum absolute atomic E-state index is 0.0519. The fourth-order valence-electron chi connectivity index (χ4n) is 6.21. The molecule has 0 bridgehead atoms. The monoisotopic (exact) mass is 617 g/mol. The maximum atomic E-state index is 12.8. The first-order valence-electron chi connectivity index (χ1n) is 15.7. The molecule has 0 spiro atoms. The molecule has 45 heavy (non-hydrogen) atoms. The molecule has 0 aliphatic carbocycles. The average molecular weight is 618 g/mol. The standard InChI is InChI=1S/C32H43N9O4/c1-22-21-45-18-17-40(22)30-35-29(36-31(37-30)41-27(19-42)11-12-28(41)20-43)23-3-5-24(6-4-23)33-32(44)34-25-7-9-26(10-8-25)39-15-13-38(2)14-16-39/h3-10,22,27-28,42-43H,11-21H2,1-2H3,(H2,33,34,44)/t22?,27-,28+. The molecule has 0 radical (unpaired) electrons. The molecule has 240 valence electrons. The molecule has 3 aromatic rings. The lowest BCUT2D eigenvalue weighted by atomic mass is 10.2. The highest BCUT2D eigenvalue weighted by Gasteiger charge is 2.36. The summed E-state index contributed by atoms with van der Waals surface area (Å²) in [5.74, 6) is 1.45. The summed E-state index contributed by atoms with van der Waals surface area (Å²) < 4.78 is 5.63. The summed E-state index contributed by atoms with van der Waals surface area (Å²) in [5.41, 5.74) is 3.25. The Bertz CT molecular complexity index is 1420. The molecule has 2 aromatic carbocycles. The van der Waals surface area contributed by atoms with E-state index in [0.29, 0.717) is 48.9 Å². The molecule has 3 aliphatic rings. The SMILES string of the molecule is CC1COCCN1c1nc(-c2ccc(NC(=O)Nc3ccc(N4CCN(C)CC4)cc3)cc2)nc(N2[C@H](CO)CC[C@@H]2CO)n1. The van der Waals surface area contributed by atoms with E-state index >= 15 is 0 Å². The molecule has 3 fully saturated rings. The number of likely N-dealkylation sites (N-methyl/N-ethyl adjacent to an activating group) is 1. The first-order valence-corrected chi connectivity index (χ1v) is 15.7. The van der Waals surface area contributed by atoms with Crippen molar-refractivity contribution in [3.05, 3.63) is 48.5 Å². The third-order valence-corrected chi connectivity index (χ3v) is 8.90. The fourth-order valence-corrected chi connectivity index (χ4v) is 6.21. The topological polar surface area (TPSA) is 142 Å². The van der Waals surface area contributed by atoms with Gasteiger partial charge in [-0.05, 0) is 75.3 Å². The fraction of sp³-hybridized carbons (Fsp3) is 0.500. The van der Waals surface area contributed by atoms with E-state index in [1.807, 2.05) is 53.4 Å². The second-order valence-corrected chi connectivity index (χ2v) is 12.0. The summed E-state index contributed by atoms with van der Waals surface area (Å²) in [6, 6.07) is 14.7. The van der Waals surface area contributed by atoms with Crippen molar-refractivity contribution in [2.75, 3.05) is 91.5 Å². The third-order valence-electron chi connectivity index (χ3n) is 8.90. The van der Waals surface area contributed by atoms with Gasteiger partial charge in [0.05, 0.1) is 44.6 Å². The van der Waals surface area contributed by atoms with E-state index in [4.69, 9.17) is 19.7 Å². The number of piperazine rings is 1. The van der Waals surface area contributed by atoms with Crippen LogP contribution in [0, 0.1) is 0 Å². The number of benzene rings is 2. The summed E-state index contributed by atoms with van der Waals surface area (Å²) in [4.78, 5) is 36.0. The number of aliphatic hydroxyl groups excluding tert-OH is 2. The second kappa shape index (κ2) is 13.9. The van der Waals surface area contributed by atoms with Gasteiger partial charge in [0.25, 0.3) is 0 Å². The number of hydrogen-bond donors (Lipinski definition) is 4. The zero-order valence-electron chi connectivity index (χ0n) is 26.0. The molecule has 13 heteroatoms. The lowest BCUT2D eigenvalue weighted by molar-refractivity contribution is 0.0981. The van der Waals surface area contributed by atoms with E-state index in [0.717, 1.165) is 50.3 Å². The minimum atomic E-state index is -0.333. The van der Waals surface area contributed by atoms with Gasteiger partial charge in [0.1, 0.15) is 0 Å². The van der Waals surface area contributed by atoms with Crippen LogP contribution in [0.4, 0.5) is 33.8 Å². The molecule has 4 N–H and O–H groups in total. The van der Waals surface area contributed by atoms with Crippen molar-refractivity contribution in [1.82, 2.24) is 19.9 Å². The molecule has 6 rings (SSSR count). The van der Waals surface area contributed by atoms with Crippen molar-refractivity contribution in [2.45, 2.75) is 37.9 Å². The van der Waals surface area contributed by atoms with Gasteiger partial charge < -0.3 is 45.2 Å². The Hall–Kier alpha value is -4.04. The first kappa shape index (κ1) is 31.0. The van der Waals surface area contributed by atoms with Crippen molar-refractivity contribution in [3.8, 4) is 11.4 Å². The van der Waals surface area contributed by atoms with Crippen molar-refractivity contribution in [1.29, 1.82) is 0 Å². The Labute approximate surface area is 263 Å². The number of rotatable bonds is 8. The number of ether oxygens (including phenoxy) is 1. The second-order valence-electron chi connectivity index (χ2n) is 12.0. The number of carbonyl (C=O) groups excluding carboxylic acids is 1. The minimum Gasteiger partial charge on any atom is -0.394 e. The van der Waals surface area contributed by atoms with Crippen LogP contribution in [0.3, 0.4) is 0 Å². The van der Waals surface area contributed by atoms with Crippen molar-refractivity contribution in [3.63, 3.8) is 0 Å². The van der Waals surface area contributed by atoms with Crippen LogP contribution in [0.15, 0.2) is 48.5 Å². The van der Waals surface area contributed by atoms with Gasteiger partial charge in [-0.1, -0.05) is 0 Å². The van der Waals surface area contributed by atoms with E-state index in [2.05, 4.69) is 39.3 Å². The van der Waals surface area contributed by atoms with E-state index < -0.39 is 0 Å². The van der Waals surface area contributed by atoms with Crippen molar-refractivity contribution in [2.24, 2.45) is 0 Å². The van der Waals surface area contributed by atoms with Gasteiger partial charge in [-0.15, -0.1) is 0 Å². The van der Waals surface area contributed by atoms with Crippen LogP contribution in [0.1, 0.15) is 19.8 Å². The largest absolute Gasteiger partial charge is 0.394 e. The Balaban J connectivity index is 1.17. The van der Waals surface area contributed by atoms with Crippen LogP contribution < -0.4 is 25.3 Å². The predicted octanol–water partition coefficient (Wildman–Crippen LogP) is 2.48. The third kappa shape index (κ3) is 7.12. The molecule has 2 amide bonds. The van der Waals surface area contributed by atoms with E-state index in [1.165, 1.54) is 0 Å². The molecule has 0 saturated carbocycles. The summed E-state index contributed by atoms with van der Waals surface area (Å²) in [5, 5.41) is 25.9. The summed E-state index contributed by atoms with van der Waals surface area (Å²) in [7, 11) is 2.14. The summed E-state index contributed by atoms with van der Waals surface area (Å²) in [6.45, 7) is 7.81. The molecule has 13 nitrogen and oxygen atoms in total. The van der Waals surface area contributed by atoms with Gasteiger partial charge in [-0.25, -0.2) is 4.79 Å². The number of aromatic nitrogens is 3. The number of hydrogen-bond acceptors (Lipinski definition) is 11. The highest BCUT2D eigenvalue weighted by atomic mass is 16.5. The van der Waals surface area contributed by atoms with Crippen LogP contribution in [0.2, 0.25) is 0 Å². The van der Waals surface area contributed by atoms with E-state index in [1.54, 1.807) is 0 Å². The number of amides is 2. The molecule has 3 atom stereocenters. The molecule has 3 saturated heterocycles. The molecular formula is C32H43N9O4. The lowest BCUT2D eigenvalue weighted by Crippen LogP contribution is -2.45. The smallest absolute Gasteiger partial charge is 0.323 e. The Morgan fingerprint density at radius 3 is 2.04 bits per heavy atom. The zero-order valence-corrected chi connectivity index (χ0v) is 26.0. The van der Waals surface area contributed by atoms with Gasteiger partial charge >= 0.3 is 6.03 Å². The van der Waals surface area contributed by atoms with E-state index in [-0.39, 0.29) is 37.4 Å². The van der Waals surface area contributed by atoms with Crippen LogP contribution in [-0.2, 0) is 4.74 Å². The maximum Gasteiger partial charge on any atom is 0.323 e. The Kier molecular flexibility index (Phi) is 9.59. The lowest BCUT2D eigenvalue weighted by Gasteiger charge is -2.34. The number of carbonyl (C=O) groups is 1.